The van der Waals surface area contributed by atoms with Crippen molar-refractivity contribution in [3.63, 3.8) is 0 Å². The van der Waals surface area contributed by atoms with Gasteiger partial charge in [0.2, 0.25) is 0 Å². The standard InChI is InChI=1S/C23H29N3O3/c1-23(2,3)24-21(27)17-5-7-18(8-6-17)22(28)26-15-13-25(14-16-26)19-9-11-20(29-4)12-10-19/h5-12H,13-16H2,1-4H3,(H,24,27). The van der Waals surface area contributed by atoms with E-state index in [1.807, 2.05) is 49.9 Å². The molecule has 154 valence electrons. The molecule has 0 unspecified atom stereocenters. The van der Waals surface area contributed by atoms with Crippen molar-refractivity contribution in [3.05, 3.63) is 59.7 Å². The van der Waals surface area contributed by atoms with Crippen LogP contribution in [0, 0.1) is 0 Å². The highest BCUT2D eigenvalue weighted by atomic mass is 16.5. The number of rotatable bonds is 4. The van der Waals surface area contributed by atoms with Crippen molar-refractivity contribution in [2.45, 2.75) is 26.3 Å². The molecule has 0 aliphatic carbocycles. The van der Waals surface area contributed by atoms with Gasteiger partial charge in [0.05, 0.1) is 7.11 Å². The molecule has 6 nitrogen and oxygen atoms in total. The molecule has 2 aromatic rings. The van der Waals surface area contributed by atoms with E-state index in [1.54, 1.807) is 31.4 Å². The molecule has 1 fully saturated rings. The molecule has 3 rings (SSSR count). The molecular weight excluding hydrogens is 366 g/mol. The number of nitrogens with one attached hydrogen (secondary N) is 1. The average molecular weight is 396 g/mol. The van der Waals surface area contributed by atoms with Gasteiger partial charge in [0, 0.05) is 48.5 Å². The first-order valence-corrected chi connectivity index (χ1v) is 9.88. The largest absolute Gasteiger partial charge is 0.497 e. The highest BCUT2D eigenvalue weighted by Gasteiger charge is 2.23. The van der Waals surface area contributed by atoms with Crippen molar-refractivity contribution >= 4 is 17.5 Å². The summed E-state index contributed by atoms with van der Waals surface area (Å²) in [5.74, 6) is 0.703. The maximum Gasteiger partial charge on any atom is 0.253 e. The quantitative estimate of drug-likeness (QED) is 0.864. The van der Waals surface area contributed by atoms with E-state index in [1.165, 1.54) is 0 Å². The molecule has 0 radical (unpaired) electrons. The maximum atomic E-state index is 12.8. The van der Waals surface area contributed by atoms with Gasteiger partial charge in [0.1, 0.15) is 5.75 Å². The molecule has 1 aliphatic heterocycles. The molecular formula is C23H29N3O3. The molecule has 0 aromatic heterocycles. The van der Waals surface area contributed by atoms with E-state index in [-0.39, 0.29) is 17.4 Å². The number of benzene rings is 2. The van der Waals surface area contributed by atoms with Crippen LogP contribution in [0.15, 0.2) is 48.5 Å². The Labute approximate surface area is 172 Å². The summed E-state index contributed by atoms with van der Waals surface area (Å²) in [6.07, 6.45) is 0. The van der Waals surface area contributed by atoms with E-state index in [0.29, 0.717) is 24.2 Å². The van der Waals surface area contributed by atoms with Crippen LogP contribution in [0.1, 0.15) is 41.5 Å². The number of nitrogens with zero attached hydrogens (tertiary/aromatic N) is 2. The van der Waals surface area contributed by atoms with Gasteiger partial charge in [-0.1, -0.05) is 0 Å². The summed E-state index contributed by atoms with van der Waals surface area (Å²) in [6, 6.07) is 14.9. The lowest BCUT2D eigenvalue weighted by Crippen LogP contribution is -2.48. The third-order valence-corrected chi connectivity index (χ3v) is 4.89. The van der Waals surface area contributed by atoms with Crippen LogP contribution in [0.5, 0.6) is 5.75 Å². The Balaban J connectivity index is 1.58. The Bertz CT molecular complexity index is 846. The molecule has 0 atom stereocenters. The van der Waals surface area contributed by atoms with E-state index in [0.717, 1.165) is 24.5 Å². The number of anilines is 1. The molecule has 1 aliphatic rings. The van der Waals surface area contributed by atoms with Gasteiger partial charge in [-0.05, 0) is 69.3 Å². The van der Waals surface area contributed by atoms with Gasteiger partial charge in [0.15, 0.2) is 0 Å². The minimum atomic E-state index is -0.296. The van der Waals surface area contributed by atoms with Crippen molar-refractivity contribution in [1.82, 2.24) is 10.2 Å². The van der Waals surface area contributed by atoms with Crippen LogP contribution in [0.4, 0.5) is 5.69 Å². The van der Waals surface area contributed by atoms with Crippen molar-refractivity contribution in [3.8, 4) is 5.75 Å². The lowest BCUT2D eigenvalue weighted by Gasteiger charge is -2.36. The summed E-state index contributed by atoms with van der Waals surface area (Å²) < 4.78 is 5.20. The first-order valence-electron chi connectivity index (χ1n) is 9.88. The highest BCUT2D eigenvalue weighted by Crippen LogP contribution is 2.21. The van der Waals surface area contributed by atoms with Crippen molar-refractivity contribution in [2.75, 3.05) is 38.2 Å². The molecule has 0 spiro atoms. The molecule has 1 saturated heterocycles. The summed E-state index contributed by atoms with van der Waals surface area (Å²) in [5, 5.41) is 2.93. The smallest absolute Gasteiger partial charge is 0.253 e. The molecule has 6 heteroatoms. The van der Waals surface area contributed by atoms with Gasteiger partial charge < -0.3 is 19.9 Å². The number of amides is 2. The van der Waals surface area contributed by atoms with Crippen molar-refractivity contribution in [1.29, 1.82) is 0 Å². The summed E-state index contributed by atoms with van der Waals surface area (Å²) >= 11 is 0. The zero-order valence-electron chi connectivity index (χ0n) is 17.6. The van der Waals surface area contributed by atoms with Crippen LogP contribution in [0.3, 0.4) is 0 Å². The Hall–Kier alpha value is -3.02. The van der Waals surface area contributed by atoms with E-state index in [9.17, 15) is 9.59 Å². The second-order valence-electron chi connectivity index (χ2n) is 8.26. The Morgan fingerprint density at radius 3 is 1.93 bits per heavy atom. The minimum absolute atomic E-state index is 0.00200. The number of carbonyl (C=O) groups is 2. The molecule has 0 bridgehead atoms. The highest BCUT2D eigenvalue weighted by molar-refractivity contribution is 5.98. The fourth-order valence-electron chi connectivity index (χ4n) is 3.32. The number of methoxy groups -OCH3 is 1. The van der Waals surface area contributed by atoms with Gasteiger partial charge in [-0.15, -0.1) is 0 Å². The minimum Gasteiger partial charge on any atom is -0.497 e. The second kappa shape index (κ2) is 8.55. The summed E-state index contributed by atoms with van der Waals surface area (Å²) in [6.45, 7) is 8.71. The second-order valence-corrected chi connectivity index (χ2v) is 8.26. The van der Waals surface area contributed by atoms with Gasteiger partial charge in [0.25, 0.3) is 11.8 Å². The van der Waals surface area contributed by atoms with Gasteiger partial charge in [-0.2, -0.15) is 0 Å². The Morgan fingerprint density at radius 1 is 0.862 bits per heavy atom. The number of piperazine rings is 1. The van der Waals surface area contributed by atoms with Crippen LogP contribution in [-0.4, -0.2) is 55.5 Å². The topological polar surface area (TPSA) is 61.9 Å². The molecule has 29 heavy (non-hydrogen) atoms. The fraction of sp³-hybridized carbons (Fsp3) is 0.391. The summed E-state index contributed by atoms with van der Waals surface area (Å²) in [7, 11) is 1.66. The van der Waals surface area contributed by atoms with E-state index in [2.05, 4.69) is 10.2 Å². The normalized spacial score (nSPS) is 14.5. The average Bonchev–Trinajstić information content (AvgIpc) is 2.72. The number of ether oxygens (including phenoxy) is 1. The first-order chi connectivity index (χ1) is 13.8. The van der Waals surface area contributed by atoms with Crippen LogP contribution in [0.2, 0.25) is 0 Å². The Kier molecular flexibility index (Phi) is 6.11. The van der Waals surface area contributed by atoms with E-state index in [4.69, 9.17) is 4.74 Å². The van der Waals surface area contributed by atoms with E-state index < -0.39 is 0 Å². The number of carbonyl (C=O) groups excluding carboxylic acids is 2. The van der Waals surface area contributed by atoms with Crippen molar-refractivity contribution in [2.24, 2.45) is 0 Å². The Morgan fingerprint density at radius 2 is 1.41 bits per heavy atom. The zero-order chi connectivity index (χ0) is 21.0. The molecule has 2 amide bonds. The monoisotopic (exact) mass is 395 g/mol. The zero-order valence-corrected chi connectivity index (χ0v) is 17.6. The first kappa shape index (κ1) is 20.7. The SMILES string of the molecule is COc1ccc(N2CCN(C(=O)c3ccc(C(=O)NC(C)(C)C)cc3)CC2)cc1. The van der Waals surface area contributed by atoms with Crippen LogP contribution in [0.25, 0.3) is 0 Å². The van der Waals surface area contributed by atoms with Gasteiger partial charge in [-0.25, -0.2) is 0 Å². The lowest BCUT2D eigenvalue weighted by atomic mass is 10.1. The van der Waals surface area contributed by atoms with Crippen LogP contribution >= 0.6 is 0 Å². The molecule has 1 heterocycles. The summed E-state index contributed by atoms with van der Waals surface area (Å²) in [4.78, 5) is 29.2. The third kappa shape index (κ3) is 5.28. The number of hydrogen-bond acceptors (Lipinski definition) is 4. The predicted molar refractivity (Wildman–Crippen MR) is 115 cm³/mol. The molecule has 0 saturated carbocycles. The third-order valence-electron chi connectivity index (χ3n) is 4.89. The number of hydrogen-bond donors (Lipinski definition) is 1. The maximum absolute atomic E-state index is 12.8. The summed E-state index contributed by atoms with van der Waals surface area (Å²) in [5.41, 5.74) is 2.00. The fourth-order valence-corrected chi connectivity index (χ4v) is 3.32. The van der Waals surface area contributed by atoms with Crippen LogP contribution < -0.4 is 15.0 Å². The van der Waals surface area contributed by atoms with Crippen molar-refractivity contribution < 1.29 is 14.3 Å². The van der Waals surface area contributed by atoms with Gasteiger partial charge in [-0.3, -0.25) is 9.59 Å². The van der Waals surface area contributed by atoms with E-state index >= 15 is 0 Å². The molecule has 2 aromatic carbocycles. The lowest BCUT2D eigenvalue weighted by molar-refractivity contribution is 0.0746. The predicted octanol–water partition coefficient (Wildman–Crippen LogP) is 3.19. The van der Waals surface area contributed by atoms with Gasteiger partial charge >= 0.3 is 0 Å². The van der Waals surface area contributed by atoms with Crippen LogP contribution in [-0.2, 0) is 0 Å². The molecule has 1 N–H and O–H groups in total.